The van der Waals surface area contributed by atoms with Crippen molar-refractivity contribution >= 4 is 17.5 Å². The van der Waals surface area contributed by atoms with E-state index in [4.69, 9.17) is 26.8 Å². The molecule has 1 aliphatic carbocycles. The summed E-state index contributed by atoms with van der Waals surface area (Å²) in [6, 6.07) is 13.7. The smallest absolute Gasteiger partial charge is 0.225 e. The molecule has 4 atom stereocenters. The van der Waals surface area contributed by atoms with Crippen LogP contribution in [0.25, 0.3) is 0 Å². The van der Waals surface area contributed by atoms with E-state index in [2.05, 4.69) is 6.92 Å². The minimum absolute atomic E-state index is 0.00541. The summed E-state index contributed by atoms with van der Waals surface area (Å²) in [5.74, 6) is 1.27. The normalized spacial score (nSPS) is 23.3. The van der Waals surface area contributed by atoms with Crippen molar-refractivity contribution in [1.82, 2.24) is 4.90 Å². The third kappa shape index (κ3) is 6.53. The summed E-state index contributed by atoms with van der Waals surface area (Å²) in [4.78, 5) is 15.4. The van der Waals surface area contributed by atoms with Crippen molar-refractivity contribution in [3.63, 3.8) is 0 Å². The maximum absolute atomic E-state index is 13.4. The molecule has 1 saturated heterocycles. The number of rotatable bonds is 11. The molecule has 7 heteroatoms. The van der Waals surface area contributed by atoms with Crippen molar-refractivity contribution in [2.24, 2.45) is 17.6 Å². The molecular formula is C31H43ClN2O4. The van der Waals surface area contributed by atoms with Crippen molar-refractivity contribution in [2.75, 3.05) is 26.8 Å². The highest BCUT2D eigenvalue weighted by atomic mass is 35.5. The second-order valence-corrected chi connectivity index (χ2v) is 11.4. The van der Waals surface area contributed by atoms with Crippen LogP contribution in [0.2, 0.25) is 5.02 Å². The number of hydrogen-bond acceptors (Lipinski definition) is 5. The molecule has 4 rings (SSSR count). The van der Waals surface area contributed by atoms with E-state index in [1.165, 1.54) is 0 Å². The SMILES string of the molecule is CCc1ccccc1Oc1c(Cl)cccc1[C@](O)(CCCCOC)C1CCCN(C(=O)[C@@H]2CC[C@H](N)C2)C1. The lowest BCUT2D eigenvalue weighted by Crippen LogP contribution is -2.49. The van der Waals surface area contributed by atoms with Crippen LogP contribution in [0.3, 0.4) is 0 Å². The van der Waals surface area contributed by atoms with E-state index < -0.39 is 5.60 Å². The maximum atomic E-state index is 13.4. The molecule has 1 amide bonds. The van der Waals surface area contributed by atoms with Crippen molar-refractivity contribution in [3.05, 3.63) is 58.6 Å². The molecule has 6 nitrogen and oxygen atoms in total. The summed E-state index contributed by atoms with van der Waals surface area (Å²) in [6.45, 7) is 3.97. The lowest BCUT2D eigenvalue weighted by molar-refractivity contribution is -0.141. The van der Waals surface area contributed by atoms with Gasteiger partial charge in [0.05, 0.1) is 10.6 Å². The molecule has 2 fully saturated rings. The Morgan fingerprint density at radius 3 is 2.71 bits per heavy atom. The first-order valence-electron chi connectivity index (χ1n) is 14.2. The van der Waals surface area contributed by atoms with Gasteiger partial charge in [0.25, 0.3) is 0 Å². The number of piperidine rings is 1. The van der Waals surface area contributed by atoms with Gasteiger partial charge in [0.2, 0.25) is 5.91 Å². The fourth-order valence-corrected chi connectivity index (χ4v) is 6.44. The number of carbonyl (C=O) groups excluding carboxylic acids is 1. The van der Waals surface area contributed by atoms with Gasteiger partial charge in [-0.3, -0.25) is 4.79 Å². The van der Waals surface area contributed by atoms with Crippen LogP contribution in [0.5, 0.6) is 11.5 Å². The van der Waals surface area contributed by atoms with Crippen LogP contribution < -0.4 is 10.5 Å². The Morgan fingerprint density at radius 2 is 1.97 bits per heavy atom. The Morgan fingerprint density at radius 1 is 1.16 bits per heavy atom. The molecule has 2 aliphatic rings. The van der Waals surface area contributed by atoms with Gasteiger partial charge < -0.3 is 25.2 Å². The predicted octanol–water partition coefficient (Wildman–Crippen LogP) is 6.07. The number of nitrogens with zero attached hydrogens (tertiary/aromatic N) is 1. The van der Waals surface area contributed by atoms with Crippen molar-refractivity contribution in [3.8, 4) is 11.5 Å². The highest BCUT2D eigenvalue weighted by Gasteiger charge is 2.44. The van der Waals surface area contributed by atoms with Crippen molar-refractivity contribution in [1.29, 1.82) is 0 Å². The molecular weight excluding hydrogens is 500 g/mol. The number of ether oxygens (including phenoxy) is 2. The molecule has 3 N–H and O–H groups in total. The van der Waals surface area contributed by atoms with Gasteiger partial charge in [-0.25, -0.2) is 0 Å². The van der Waals surface area contributed by atoms with Crippen molar-refractivity contribution in [2.45, 2.75) is 76.4 Å². The van der Waals surface area contributed by atoms with Gasteiger partial charge in [-0.05, 0) is 75.5 Å². The molecule has 1 heterocycles. The van der Waals surface area contributed by atoms with E-state index in [0.29, 0.717) is 35.9 Å². The number of likely N-dealkylation sites (tertiary alicyclic amines) is 1. The summed E-state index contributed by atoms with van der Waals surface area (Å²) < 4.78 is 11.8. The lowest BCUT2D eigenvalue weighted by atomic mass is 9.73. The van der Waals surface area contributed by atoms with Gasteiger partial charge in [0.15, 0.2) is 5.75 Å². The molecule has 0 spiro atoms. The summed E-state index contributed by atoms with van der Waals surface area (Å²) in [5.41, 5.74) is 6.67. The standard InChI is InChI=1S/C31H43ClN2O4/c1-3-22-10-4-5-14-28(22)38-29-26(12-8-13-27(29)32)31(36,17-6-7-19-37-2)24-11-9-18-34(21-24)30(35)23-15-16-25(33)20-23/h4-5,8,10,12-14,23-25,36H,3,6-7,9,11,15-21,33H2,1-2H3/t23-,24?,25+,31+/m1/s1. The van der Waals surface area contributed by atoms with Gasteiger partial charge in [-0.2, -0.15) is 0 Å². The first-order valence-corrected chi connectivity index (χ1v) is 14.6. The van der Waals surface area contributed by atoms with Crippen LogP contribution in [0.4, 0.5) is 0 Å². The van der Waals surface area contributed by atoms with Crippen LogP contribution in [-0.2, 0) is 21.6 Å². The Kier molecular flexibility index (Phi) is 10.1. The molecule has 0 aromatic heterocycles. The van der Waals surface area contributed by atoms with E-state index in [9.17, 15) is 9.90 Å². The second-order valence-electron chi connectivity index (χ2n) is 10.9. The Labute approximate surface area is 232 Å². The van der Waals surface area contributed by atoms with E-state index in [1.807, 2.05) is 41.3 Å². The van der Waals surface area contributed by atoms with Gasteiger partial charge >= 0.3 is 0 Å². The zero-order valence-corrected chi connectivity index (χ0v) is 23.6. The number of aryl methyl sites for hydroxylation is 1. The predicted molar refractivity (Wildman–Crippen MR) is 152 cm³/mol. The van der Waals surface area contributed by atoms with Crippen LogP contribution in [0, 0.1) is 11.8 Å². The molecule has 1 unspecified atom stereocenters. The van der Waals surface area contributed by atoms with E-state index in [0.717, 1.165) is 69.2 Å². The number of hydrogen-bond donors (Lipinski definition) is 2. The Balaban J connectivity index is 1.66. The number of carbonyl (C=O) groups is 1. The summed E-state index contributed by atoms with van der Waals surface area (Å²) in [5, 5.41) is 13.1. The van der Waals surface area contributed by atoms with Gasteiger partial charge in [0, 0.05) is 50.2 Å². The molecule has 1 saturated carbocycles. The van der Waals surface area contributed by atoms with Gasteiger partial charge in [-0.1, -0.05) is 48.9 Å². The molecule has 0 radical (unpaired) electrons. The summed E-state index contributed by atoms with van der Waals surface area (Å²) in [6.07, 6.45) is 7.16. The number of methoxy groups -OCH3 is 1. The number of nitrogens with two attached hydrogens (primary N) is 1. The van der Waals surface area contributed by atoms with Crippen LogP contribution in [0.1, 0.15) is 69.4 Å². The second kappa shape index (κ2) is 13.3. The number of unbranched alkanes of at least 4 members (excludes halogenated alkanes) is 1. The highest BCUT2D eigenvalue weighted by Crippen LogP contribution is 2.47. The van der Waals surface area contributed by atoms with Gasteiger partial charge in [-0.15, -0.1) is 0 Å². The topological polar surface area (TPSA) is 85.0 Å². The molecule has 208 valence electrons. The minimum atomic E-state index is -1.21. The quantitative estimate of drug-likeness (QED) is 0.337. The first-order chi connectivity index (χ1) is 18.4. The molecule has 38 heavy (non-hydrogen) atoms. The van der Waals surface area contributed by atoms with E-state index in [-0.39, 0.29) is 23.8 Å². The molecule has 1 aliphatic heterocycles. The molecule has 2 aromatic rings. The largest absolute Gasteiger partial charge is 0.455 e. The maximum Gasteiger partial charge on any atom is 0.225 e. The molecule has 2 aromatic carbocycles. The average molecular weight is 543 g/mol. The molecule has 0 bridgehead atoms. The van der Waals surface area contributed by atoms with E-state index >= 15 is 0 Å². The zero-order chi connectivity index (χ0) is 27.1. The number of amides is 1. The summed E-state index contributed by atoms with van der Waals surface area (Å²) in [7, 11) is 1.69. The van der Waals surface area contributed by atoms with Crippen LogP contribution >= 0.6 is 11.6 Å². The Bertz CT molecular complexity index is 1080. The number of halogens is 1. The van der Waals surface area contributed by atoms with Crippen LogP contribution in [-0.4, -0.2) is 48.8 Å². The number of para-hydroxylation sites is 2. The third-order valence-corrected chi connectivity index (χ3v) is 8.68. The lowest BCUT2D eigenvalue weighted by Gasteiger charge is -2.44. The van der Waals surface area contributed by atoms with Gasteiger partial charge in [0.1, 0.15) is 5.75 Å². The Hall–Kier alpha value is -2.12. The third-order valence-electron chi connectivity index (χ3n) is 8.39. The minimum Gasteiger partial charge on any atom is -0.455 e. The fraction of sp³-hybridized carbons (Fsp3) is 0.581. The van der Waals surface area contributed by atoms with Crippen LogP contribution in [0.15, 0.2) is 42.5 Å². The number of aliphatic hydroxyl groups is 1. The monoisotopic (exact) mass is 542 g/mol. The van der Waals surface area contributed by atoms with Crippen molar-refractivity contribution < 1.29 is 19.4 Å². The first kappa shape index (κ1) is 28.9. The number of benzene rings is 2. The summed E-state index contributed by atoms with van der Waals surface area (Å²) >= 11 is 6.75. The highest BCUT2D eigenvalue weighted by molar-refractivity contribution is 6.32. The average Bonchev–Trinajstić information content (AvgIpc) is 3.38. The fourth-order valence-electron chi connectivity index (χ4n) is 6.22. The van der Waals surface area contributed by atoms with E-state index in [1.54, 1.807) is 13.2 Å². The zero-order valence-electron chi connectivity index (χ0n) is 22.8.